The second-order valence-electron chi connectivity index (χ2n) is 10.5. The monoisotopic (exact) mass is 501 g/mol. The quantitative estimate of drug-likeness (QED) is 0.314. The van der Waals surface area contributed by atoms with Gasteiger partial charge in [-0.25, -0.2) is 14.8 Å². The zero-order valence-electron chi connectivity index (χ0n) is 21.2. The summed E-state index contributed by atoms with van der Waals surface area (Å²) in [6, 6.07) is 5.85. The summed E-state index contributed by atoms with van der Waals surface area (Å²) in [4.78, 5) is 41.4. The standard InChI is InChI=1S/C27H32N8O2/c1-33(2)26(37)22-11-17-13-30-27(32-24(17)35(22)19-7-5-3-4-6-8-19)31-23-10-9-20(14-29-23)34-16-18-12-28-15-21(18)25(34)36/h9-11,13-14,18-19,21,28H,1,3-8,12,15-16H2,2H3/p+1/t18-,21-/m0/s1. The zero-order valence-corrected chi connectivity index (χ0v) is 21.2. The Kier molecular flexibility index (Phi) is 6.19. The molecule has 6 rings (SSSR count). The van der Waals surface area contributed by atoms with Gasteiger partial charge in [-0.05, 0) is 31.0 Å². The molecule has 0 unspecified atom stereocenters. The maximum absolute atomic E-state index is 13.0. The molecule has 5 heterocycles. The number of carbonyl (C=O) groups is 2. The van der Waals surface area contributed by atoms with Crippen LogP contribution < -0.4 is 15.5 Å². The Morgan fingerprint density at radius 1 is 1.14 bits per heavy atom. The van der Waals surface area contributed by atoms with Crippen molar-refractivity contribution < 1.29 is 14.2 Å². The van der Waals surface area contributed by atoms with Gasteiger partial charge in [0, 0.05) is 43.2 Å². The Labute approximate surface area is 215 Å². The van der Waals surface area contributed by atoms with E-state index in [1.54, 1.807) is 19.4 Å². The van der Waals surface area contributed by atoms with Gasteiger partial charge in [0.25, 0.3) is 0 Å². The smallest absolute Gasteiger partial charge is 0.316 e. The van der Waals surface area contributed by atoms with E-state index < -0.39 is 0 Å². The van der Waals surface area contributed by atoms with Gasteiger partial charge in [0.05, 0.1) is 17.8 Å². The highest BCUT2D eigenvalue weighted by atomic mass is 16.2. The van der Waals surface area contributed by atoms with E-state index in [1.165, 1.54) is 17.4 Å². The SMILES string of the molecule is C=[N+](C)C(=O)c1cc2cnc(Nc3ccc(N4C[C@@H]5CNC[C@@H]5C4=O)cn3)nc2n1C1CCCCCC1. The molecule has 3 aliphatic rings. The van der Waals surface area contributed by atoms with Gasteiger partial charge in [0.2, 0.25) is 11.9 Å². The van der Waals surface area contributed by atoms with Gasteiger partial charge in [-0.15, -0.1) is 0 Å². The number of fused-ring (bicyclic) bond motifs is 2. The molecule has 1 aliphatic carbocycles. The number of carbonyl (C=O) groups excluding carboxylic acids is 2. The number of nitrogens with zero attached hydrogens (tertiary/aromatic N) is 6. The third-order valence-corrected chi connectivity index (χ3v) is 7.97. The molecule has 192 valence electrons. The number of anilines is 3. The molecule has 37 heavy (non-hydrogen) atoms. The van der Waals surface area contributed by atoms with Crippen molar-refractivity contribution in [1.82, 2.24) is 24.8 Å². The van der Waals surface area contributed by atoms with Crippen LogP contribution in [0.5, 0.6) is 0 Å². The Hall–Kier alpha value is -3.66. The zero-order chi connectivity index (χ0) is 25.5. The van der Waals surface area contributed by atoms with Gasteiger partial charge >= 0.3 is 5.91 Å². The van der Waals surface area contributed by atoms with Crippen molar-refractivity contribution in [3.8, 4) is 0 Å². The molecular weight excluding hydrogens is 468 g/mol. The van der Waals surface area contributed by atoms with Crippen molar-refractivity contribution in [2.24, 2.45) is 11.8 Å². The van der Waals surface area contributed by atoms with Crippen LogP contribution in [0.1, 0.15) is 55.1 Å². The first kappa shape index (κ1) is 23.7. The summed E-state index contributed by atoms with van der Waals surface area (Å²) in [5.41, 5.74) is 2.15. The molecule has 2 N–H and O–H groups in total. The van der Waals surface area contributed by atoms with E-state index in [-0.39, 0.29) is 23.8 Å². The molecule has 3 aromatic heterocycles. The maximum Gasteiger partial charge on any atom is 0.435 e. The van der Waals surface area contributed by atoms with E-state index in [4.69, 9.17) is 4.98 Å². The Morgan fingerprint density at radius 2 is 1.95 bits per heavy atom. The molecule has 0 spiro atoms. The second kappa shape index (κ2) is 9.66. The lowest BCUT2D eigenvalue weighted by Gasteiger charge is -2.19. The lowest BCUT2D eigenvalue weighted by Crippen LogP contribution is -2.30. The summed E-state index contributed by atoms with van der Waals surface area (Å²) in [7, 11) is 1.67. The third-order valence-electron chi connectivity index (χ3n) is 7.97. The number of rotatable bonds is 5. The van der Waals surface area contributed by atoms with E-state index in [0.717, 1.165) is 62.0 Å². The average molecular weight is 502 g/mol. The predicted octanol–water partition coefficient (Wildman–Crippen LogP) is 3.13. The Bertz CT molecular complexity index is 1360. The van der Waals surface area contributed by atoms with Crippen molar-refractivity contribution in [3.63, 3.8) is 0 Å². The first-order valence-corrected chi connectivity index (χ1v) is 13.2. The highest BCUT2D eigenvalue weighted by Gasteiger charge is 2.43. The molecule has 0 bridgehead atoms. The van der Waals surface area contributed by atoms with E-state index in [1.807, 2.05) is 23.1 Å². The molecule has 1 saturated carbocycles. The summed E-state index contributed by atoms with van der Waals surface area (Å²) in [5, 5.41) is 7.33. The lowest BCUT2D eigenvalue weighted by atomic mass is 10.0. The fraction of sp³-hybridized carbons (Fsp3) is 0.481. The minimum Gasteiger partial charge on any atom is -0.316 e. The van der Waals surface area contributed by atoms with E-state index in [2.05, 4.69) is 31.9 Å². The fourth-order valence-electron chi connectivity index (χ4n) is 6.02. The van der Waals surface area contributed by atoms with Crippen LogP contribution in [0.2, 0.25) is 0 Å². The first-order valence-electron chi connectivity index (χ1n) is 13.2. The van der Waals surface area contributed by atoms with E-state index in [0.29, 0.717) is 23.4 Å². The van der Waals surface area contributed by atoms with Crippen molar-refractivity contribution in [1.29, 1.82) is 0 Å². The third kappa shape index (κ3) is 4.39. The second-order valence-corrected chi connectivity index (χ2v) is 10.5. The van der Waals surface area contributed by atoms with Crippen LogP contribution in [-0.4, -0.2) is 69.3 Å². The Morgan fingerprint density at radius 3 is 2.65 bits per heavy atom. The summed E-state index contributed by atoms with van der Waals surface area (Å²) in [5.74, 6) is 1.49. The molecular formula is C27H33N8O2+. The average Bonchev–Trinajstić information content (AvgIpc) is 3.52. The highest BCUT2D eigenvalue weighted by molar-refractivity contribution is 5.98. The van der Waals surface area contributed by atoms with Crippen LogP contribution >= 0.6 is 0 Å². The van der Waals surface area contributed by atoms with E-state index in [9.17, 15) is 9.59 Å². The first-order chi connectivity index (χ1) is 18.0. The van der Waals surface area contributed by atoms with Crippen LogP contribution in [0.3, 0.4) is 0 Å². The van der Waals surface area contributed by atoms with Gasteiger partial charge in [-0.2, -0.15) is 9.56 Å². The van der Waals surface area contributed by atoms with Gasteiger partial charge in [0.1, 0.15) is 25.2 Å². The van der Waals surface area contributed by atoms with Crippen molar-refractivity contribution in [2.75, 3.05) is 36.9 Å². The normalized spacial score (nSPS) is 22.3. The van der Waals surface area contributed by atoms with E-state index >= 15 is 0 Å². The molecule has 3 fully saturated rings. The van der Waals surface area contributed by atoms with Crippen LogP contribution in [0.25, 0.3) is 11.0 Å². The fourth-order valence-corrected chi connectivity index (χ4v) is 6.02. The predicted molar refractivity (Wildman–Crippen MR) is 142 cm³/mol. The van der Waals surface area contributed by atoms with Gasteiger partial charge in [-0.3, -0.25) is 4.79 Å². The molecule has 10 nitrogen and oxygen atoms in total. The molecule has 2 amide bonds. The topological polar surface area (TPSA) is 108 Å². The Balaban J connectivity index is 1.27. The van der Waals surface area contributed by atoms with Crippen molar-refractivity contribution in [3.05, 3.63) is 36.3 Å². The number of hydrogen-bond donors (Lipinski definition) is 2. The molecule has 2 aliphatic heterocycles. The summed E-state index contributed by atoms with van der Waals surface area (Å²) < 4.78 is 3.47. The minimum atomic E-state index is -0.134. The molecule has 2 atom stereocenters. The van der Waals surface area contributed by atoms with Crippen molar-refractivity contribution in [2.45, 2.75) is 44.6 Å². The van der Waals surface area contributed by atoms with Crippen LogP contribution in [0, 0.1) is 11.8 Å². The van der Waals surface area contributed by atoms with Crippen LogP contribution in [0.15, 0.2) is 30.6 Å². The van der Waals surface area contributed by atoms with Crippen molar-refractivity contribution >= 4 is 47.0 Å². The highest BCUT2D eigenvalue weighted by Crippen LogP contribution is 2.34. The summed E-state index contributed by atoms with van der Waals surface area (Å²) in [6.07, 6.45) is 10.2. The van der Waals surface area contributed by atoms with Gasteiger partial charge < -0.3 is 20.1 Å². The largest absolute Gasteiger partial charge is 0.435 e. The van der Waals surface area contributed by atoms with Gasteiger partial charge in [0.15, 0.2) is 5.69 Å². The number of pyridine rings is 1. The van der Waals surface area contributed by atoms with Gasteiger partial charge in [-0.1, -0.05) is 25.7 Å². The summed E-state index contributed by atoms with van der Waals surface area (Å²) >= 11 is 0. The number of amides is 2. The molecule has 3 aromatic rings. The van der Waals surface area contributed by atoms with Crippen LogP contribution in [-0.2, 0) is 4.79 Å². The number of nitrogens with one attached hydrogen (secondary N) is 2. The summed E-state index contributed by atoms with van der Waals surface area (Å²) in [6.45, 7) is 6.18. The number of aromatic nitrogens is 4. The molecule has 2 saturated heterocycles. The minimum absolute atomic E-state index is 0.0719. The lowest BCUT2D eigenvalue weighted by molar-refractivity contribution is -0.385. The molecule has 0 radical (unpaired) electrons. The van der Waals surface area contributed by atoms with Crippen LogP contribution in [0.4, 0.5) is 17.5 Å². The molecule has 10 heteroatoms. The molecule has 0 aromatic carbocycles. The number of hydrogen-bond acceptors (Lipinski definition) is 7. The maximum atomic E-state index is 13.0.